The number of anilines is 2. The quantitative estimate of drug-likeness (QED) is 0.507. The van der Waals surface area contributed by atoms with Gasteiger partial charge in [-0.2, -0.15) is 0 Å². The second-order valence-electron chi connectivity index (χ2n) is 7.84. The monoisotopic (exact) mass is 504 g/mol. The number of sulfonamides is 2. The van der Waals surface area contributed by atoms with Crippen molar-refractivity contribution in [1.82, 2.24) is 0 Å². The molecule has 1 aliphatic heterocycles. The highest BCUT2D eigenvalue weighted by molar-refractivity contribution is 7.93. The van der Waals surface area contributed by atoms with Crippen LogP contribution >= 0.6 is 0 Å². The predicted octanol–water partition coefficient (Wildman–Crippen LogP) is 3.61. The van der Waals surface area contributed by atoms with E-state index in [2.05, 4.69) is 4.72 Å². The summed E-state index contributed by atoms with van der Waals surface area (Å²) >= 11 is 0. The van der Waals surface area contributed by atoms with E-state index in [1.807, 2.05) is 0 Å². The van der Waals surface area contributed by atoms with E-state index < -0.39 is 37.6 Å². The molecular weight excluding hydrogens is 483 g/mol. The van der Waals surface area contributed by atoms with Crippen LogP contribution in [0.1, 0.15) is 27.9 Å². The molecule has 2 N–H and O–H groups in total. The van der Waals surface area contributed by atoms with Crippen molar-refractivity contribution in [2.75, 3.05) is 15.6 Å². The van der Waals surface area contributed by atoms with Crippen LogP contribution in [0.5, 0.6) is 0 Å². The molecule has 0 saturated carbocycles. The van der Waals surface area contributed by atoms with Gasteiger partial charge in [-0.15, -0.1) is 0 Å². The van der Waals surface area contributed by atoms with Crippen LogP contribution in [0.15, 0.2) is 71.6 Å². The number of hydrogen-bond donors (Lipinski definition) is 2. The fourth-order valence-electron chi connectivity index (χ4n) is 3.82. The number of hydrogen-bond acceptors (Lipinski definition) is 5. The van der Waals surface area contributed by atoms with Crippen LogP contribution in [0.4, 0.5) is 15.8 Å². The van der Waals surface area contributed by atoms with Crippen LogP contribution in [-0.2, 0) is 32.2 Å². The van der Waals surface area contributed by atoms with Crippen LogP contribution in [0.2, 0.25) is 0 Å². The molecule has 0 unspecified atom stereocenters. The predicted molar refractivity (Wildman–Crippen MR) is 125 cm³/mol. The van der Waals surface area contributed by atoms with Gasteiger partial charge in [0.15, 0.2) is 0 Å². The molecule has 0 aromatic heterocycles. The molecule has 0 spiro atoms. The van der Waals surface area contributed by atoms with Gasteiger partial charge in [-0.1, -0.05) is 18.2 Å². The Hall–Kier alpha value is -3.44. The number of nitrogens with zero attached hydrogens (tertiary/aromatic N) is 1. The first-order valence-electron chi connectivity index (χ1n) is 10.3. The Bertz CT molecular complexity index is 1460. The molecule has 4 rings (SSSR count). The Morgan fingerprint density at radius 2 is 1.74 bits per heavy atom. The van der Waals surface area contributed by atoms with Crippen molar-refractivity contribution in [3.05, 3.63) is 89.2 Å². The minimum absolute atomic E-state index is 0.0249. The Morgan fingerprint density at radius 1 is 1.00 bits per heavy atom. The highest BCUT2D eigenvalue weighted by atomic mass is 32.2. The maximum Gasteiger partial charge on any atom is 0.335 e. The zero-order chi connectivity index (χ0) is 24.5. The molecule has 3 aromatic rings. The third kappa shape index (κ3) is 5.05. The molecule has 8 nitrogen and oxygen atoms in total. The fourth-order valence-corrected chi connectivity index (χ4v) is 6.53. The molecule has 0 bridgehead atoms. The Morgan fingerprint density at radius 3 is 2.44 bits per heavy atom. The molecule has 34 heavy (non-hydrogen) atoms. The summed E-state index contributed by atoms with van der Waals surface area (Å²) in [6.07, 6.45) is 1.21. The number of fused-ring (bicyclic) bond motifs is 1. The van der Waals surface area contributed by atoms with Gasteiger partial charge in [0.2, 0.25) is 10.0 Å². The number of benzene rings is 3. The molecule has 0 fully saturated rings. The van der Waals surface area contributed by atoms with Gasteiger partial charge in [-0.25, -0.2) is 26.0 Å². The molecule has 1 aliphatic rings. The highest BCUT2D eigenvalue weighted by Gasteiger charge is 2.29. The fraction of sp³-hybridized carbons (Fsp3) is 0.174. The lowest BCUT2D eigenvalue weighted by Gasteiger charge is -2.31. The summed E-state index contributed by atoms with van der Waals surface area (Å²) in [5.41, 5.74) is 1.54. The molecule has 0 aliphatic carbocycles. The highest BCUT2D eigenvalue weighted by Crippen LogP contribution is 2.34. The van der Waals surface area contributed by atoms with Gasteiger partial charge in [-0.3, -0.25) is 9.03 Å². The molecule has 0 atom stereocenters. The zero-order valence-electron chi connectivity index (χ0n) is 17.8. The van der Waals surface area contributed by atoms with Crippen molar-refractivity contribution in [2.45, 2.75) is 23.5 Å². The lowest BCUT2D eigenvalue weighted by Crippen LogP contribution is -2.35. The third-order valence-corrected chi connectivity index (χ3v) is 8.45. The van der Waals surface area contributed by atoms with Crippen molar-refractivity contribution >= 4 is 37.4 Å². The SMILES string of the molecule is O=C(O)c1cccc(CS(=O)(=O)Nc2ccc3c(c2)N(S(=O)(=O)c2ccc(F)cc2)CCC3)c1. The molecule has 1 heterocycles. The van der Waals surface area contributed by atoms with E-state index in [4.69, 9.17) is 5.11 Å². The minimum Gasteiger partial charge on any atom is -0.478 e. The van der Waals surface area contributed by atoms with Crippen molar-refractivity contribution in [3.63, 3.8) is 0 Å². The number of rotatable bonds is 7. The van der Waals surface area contributed by atoms with E-state index in [0.717, 1.165) is 17.7 Å². The Balaban J connectivity index is 1.62. The lowest BCUT2D eigenvalue weighted by atomic mass is 10.0. The number of aromatic carboxylic acids is 1. The van der Waals surface area contributed by atoms with E-state index in [1.165, 1.54) is 46.8 Å². The molecule has 0 saturated heterocycles. The van der Waals surface area contributed by atoms with Crippen LogP contribution in [0.3, 0.4) is 0 Å². The normalized spacial score (nSPS) is 13.9. The van der Waals surface area contributed by atoms with E-state index in [9.17, 15) is 26.0 Å². The first-order valence-corrected chi connectivity index (χ1v) is 13.4. The van der Waals surface area contributed by atoms with Gasteiger partial charge in [0.25, 0.3) is 10.0 Å². The summed E-state index contributed by atoms with van der Waals surface area (Å²) in [6, 6.07) is 14.8. The molecule has 11 heteroatoms. The second-order valence-corrected chi connectivity index (χ2v) is 11.4. The van der Waals surface area contributed by atoms with Gasteiger partial charge < -0.3 is 5.11 Å². The average molecular weight is 505 g/mol. The van der Waals surface area contributed by atoms with Crippen LogP contribution in [0.25, 0.3) is 0 Å². The van der Waals surface area contributed by atoms with Gasteiger partial charge in [0.1, 0.15) is 5.82 Å². The van der Waals surface area contributed by atoms with Gasteiger partial charge in [-0.05, 0) is 72.5 Å². The molecular formula is C23H21FN2O6S2. The smallest absolute Gasteiger partial charge is 0.335 e. The number of halogens is 1. The Labute approximate surface area is 196 Å². The summed E-state index contributed by atoms with van der Waals surface area (Å²) in [6.45, 7) is 0.199. The largest absolute Gasteiger partial charge is 0.478 e. The standard InChI is InChI=1S/C23H21FN2O6S2/c24-19-7-10-21(11-8-19)34(31,32)26-12-2-5-17-6-9-20(14-22(17)26)25-33(29,30)15-16-3-1-4-18(13-16)23(27)28/h1,3-4,6-11,13-14,25H,2,5,12,15H2,(H,27,28). The van der Waals surface area contributed by atoms with Crippen molar-refractivity contribution in [2.24, 2.45) is 0 Å². The maximum atomic E-state index is 13.3. The number of aryl methyl sites for hydroxylation is 1. The van der Waals surface area contributed by atoms with Crippen molar-refractivity contribution < 1.29 is 31.1 Å². The number of nitrogens with one attached hydrogen (secondary N) is 1. The summed E-state index contributed by atoms with van der Waals surface area (Å²) in [5, 5.41) is 9.10. The second kappa shape index (κ2) is 9.07. The topological polar surface area (TPSA) is 121 Å². The number of carboxylic acids is 1. The van der Waals surface area contributed by atoms with E-state index >= 15 is 0 Å². The van der Waals surface area contributed by atoms with E-state index in [0.29, 0.717) is 24.1 Å². The maximum absolute atomic E-state index is 13.3. The van der Waals surface area contributed by atoms with E-state index in [1.54, 1.807) is 12.1 Å². The van der Waals surface area contributed by atoms with Crippen LogP contribution in [0, 0.1) is 5.82 Å². The van der Waals surface area contributed by atoms with Crippen LogP contribution in [-0.4, -0.2) is 34.5 Å². The molecule has 0 amide bonds. The van der Waals surface area contributed by atoms with Crippen molar-refractivity contribution in [1.29, 1.82) is 0 Å². The number of carbonyl (C=O) groups is 1. The minimum atomic E-state index is -3.98. The molecule has 178 valence electrons. The lowest BCUT2D eigenvalue weighted by molar-refractivity contribution is 0.0696. The zero-order valence-corrected chi connectivity index (χ0v) is 19.4. The van der Waals surface area contributed by atoms with Gasteiger partial charge in [0.05, 0.1) is 27.6 Å². The summed E-state index contributed by atoms with van der Waals surface area (Å²) in [7, 11) is -7.90. The molecule has 0 radical (unpaired) electrons. The average Bonchev–Trinajstić information content (AvgIpc) is 2.78. The van der Waals surface area contributed by atoms with Gasteiger partial charge >= 0.3 is 5.97 Å². The van der Waals surface area contributed by atoms with Crippen molar-refractivity contribution in [3.8, 4) is 0 Å². The van der Waals surface area contributed by atoms with Gasteiger partial charge in [0, 0.05) is 6.54 Å². The summed E-state index contributed by atoms with van der Waals surface area (Å²) < 4.78 is 68.8. The summed E-state index contributed by atoms with van der Waals surface area (Å²) in [4.78, 5) is 11.1. The Kier molecular flexibility index (Phi) is 6.32. The molecule has 3 aromatic carbocycles. The third-order valence-electron chi connectivity index (χ3n) is 5.37. The summed E-state index contributed by atoms with van der Waals surface area (Å²) in [5.74, 6) is -2.17. The van der Waals surface area contributed by atoms with E-state index in [-0.39, 0.29) is 22.7 Å². The first-order chi connectivity index (χ1) is 16.0. The van der Waals surface area contributed by atoms with Crippen LogP contribution < -0.4 is 9.03 Å². The first kappa shape index (κ1) is 23.7. The number of carboxylic acid groups (broad SMARTS) is 1.